The summed E-state index contributed by atoms with van der Waals surface area (Å²) in [6.45, 7) is 2.44. The van der Waals surface area contributed by atoms with E-state index in [2.05, 4.69) is 0 Å². The Labute approximate surface area is 101 Å². The molecule has 0 spiro atoms. The Morgan fingerprint density at radius 3 is 2.50 bits per heavy atom. The van der Waals surface area contributed by atoms with Crippen LogP contribution in [0, 0.1) is 5.92 Å². The second kappa shape index (κ2) is 5.75. The fraction of sp³-hybridized carbons (Fsp3) is 0.417. The van der Waals surface area contributed by atoms with Gasteiger partial charge >= 0.3 is 5.97 Å². The highest BCUT2D eigenvalue weighted by Crippen LogP contribution is 2.17. The van der Waals surface area contributed by atoms with Crippen molar-refractivity contribution in [3.63, 3.8) is 0 Å². The van der Waals surface area contributed by atoms with Crippen molar-refractivity contribution in [1.82, 2.24) is 0 Å². The Hall–Kier alpha value is -1.22. The number of benzene rings is 1. The Morgan fingerprint density at radius 1 is 1.44 bits per heavy atom. The maximum absolute atomic E-state index is 10.7. The average molecular weight is 242 g/mol. The molecule has 1 atom stereocenters. The number of halogens is 1. The maximum atomic E-state index is 10.7. The van der Waals surface area contributed by atoms with Crippen LogP contribution in [0.25, 0.3) is 0 Å². The predicted molar refractivity (Wildman–Crippen MR) is 66.1 cm³/mol. The molecular formula is C12H16ClNO2. The molecule has 1 aromatic rings. The Balaban J connectivity index is 2.49. The molecule has 0 aliphatic rings. The van der Waals surface area contributed by atoms with E-state index < -0.39 is 5.97 Å². The summed E-state index contributed by atoms with van der Waals surface area (Å²) in [6.07, 6.45) is 0.633. The summed E-state index contributed by atoms with van der Waals surface area (Å²) in [4.78, 5) is 12.7. The largest absolute Gasteiger partial charge is 0.481 e. The lowest BCUT2D eigenvalue weighted by Gasteiger charge is -2.20. The summed E-state index contributed by atoms with van der Waals surface area (Å²) in [6, 6.07) is 7.50. The van der Waals surface area contributed by atoms with Crippen LogP contribution in [-0.2, 0) is 4.79 Å². The van der Waals surface area contributed by atoms with Crippen molar-refractivity contribution in [3.05, 3.63) is 29.3 Å². The molecule has 0 aliphatic carbocycles. The van der Waals surface area contributed by atoms with Gasteiger partial charge in [-0.15, -0.1) is 0 Å². The van der Waals surface area contributed by atoms with Gasteiger partial charge in [0.05, 0.1) is 5.92 Å². The first-order valence-corrected chi connectivity index (χ1v) is 5.58. The summed E-state index contributed by atoms with van der Waals surface area (Å²) >= 11 is 5.79. The van der Waals surface area contributed by atoms with E-state index in [0.717, 1.165) is 12.2 Å². The lowest BCUT2D eigenvalue weighted by atomic mass is 10.1. The van der Waals surface area contributed by atoms with Gasteiger partial charge in [-0.25, -0.2) is 0 Å². The third-order valence-corrected chi connectivity index (χ3v) is 2.84. The topological polar surface area (TPSA) is 40.5 Å². The molecule has 0 saturated carbocycles. The van der Waals surface area contributed by atoms with E-state index in [1.807, 2.05) is 36.2 Å². The number of nitrogens with zero attached hydrogens (tertiary/aromatic N) is 1. The quantitative estimate of drug-likeness (QED) is 0.862. The molecule has 88 valence electrons. The number of hydrogen-bond acceptors (Lipinski definition) is 2. The van der Waals surface area contributed by atoms with Gasteiger partial charge in [-0.2, -0.15) is 0 Å². The van der Waals surface area contributed by atoms with E-state index in [0.29, 0.717) is 11.4 Å². The molecule has 0 saturated heterocycles. The zero-order valence-electron chi connectivity index (χ0n) is 9.48. The Bertz CT molecular complexity index is 351. The monoisotopic (exact) mass is 241 g/mol. The second-order valence-corrected chi connectivity index (χ2v) is 4.36. The summed E-state index contributed by atoms with van der Waals surface area (Å²) in [5.74, 6) is -1.06. The van der Waals surface area contributed by atoms with Gasteiger partial charge in [-0.3, -0.25) is 4.79 Å². The van der Waals surface area contributed by atoms with Gasteiger partial charge in [0.2, 0.25) is 0 Å². The van der Waals surface area contributed by atoms with E-state index in [1.165, 1.54) is 0 Å². The minimum absolute atomic E-state index is 0.310. The molecular weight excluding hydrogens is 226 g/mol. The molecule has 1 rings (SSSR count). The van der Waals surface area contributed by atoms with Crippen molar-refractivity contribution < 1.29 is 9.90 Å². The molecule has 1 aromatic carbocycles. The van der Waals surface area contributed by atoms with Crippen LogP contribution >= 0.6 is 11.6 Å². The van der Waals surface area contributed by atoms with Crippen molar-refractivity contribution in [2.24, 2.45) is 5.92 Å². The van der Waals surface area contributed by atoms with Crippen molar-refractivity contribution in [2.45, 2.75) is 13.3 Å². The first-order chi connectivity index (χ1) is 7.50. The Morgan fingerprint density at radius 2 is 2.00 bits per heavy atom. The van der Waals surface area contributed by atoms with E-state index in [-0.39, 0.29) is 5.92 Å². The maximum Gasteiger partial charge on any atom is 0.306 e. The van der Waals surface area contributed by atoms with E-state index >= 15 is 0 Å². The van der Waals surface area contributed by atoms with Crippen molar-refractivity contribution in [2.75, 3.05) is 18.5 Å². The van der Waals surface area contributed by atoms with Crippen molar-refractivity contribution in [1.29, 1.82) is 0 Å². The van der Waals surface area contributed by atoms with E-state index in [4.69, 9.17) is 16.7 Å². The molecule has 0 radical (unpaired) electrons. The van der Waals surface area contributed by atoms with Crippen molar-refractivity contribution in [3.8, 4) is 0 Å². The molecule has 0 aromatic heterocycles. The van der Waals surface area contributed by atoms with Crippen molar-refractivity contribution >= 4 is 23.3 Å². The number of hydrogen-bond donors (Lipinski definition) is 1. The van der Waals surface area contributed by atoms with Gasteiger partial charge in [0.1, 0.15) is 0 Å². The molecule has 4 heteroatoms. The minimum Gasteiger partial charge on any atom is -0.481 e. The number of rotatable bonds is 5. The number of carboxylic acid groups (broad SMARTS) is 1. The number of carboxylic acids is 1. The highest BCUT2D eigenvalue weighted by molar-refractivity contribution is 6.30. The first-order valence-electron chi connectivity index (χ1n) is 5.20. The van der Waals surface area contributed by atoms with Gasteiger partial charge in [0, 0.05) is 24.3 Å². The fourth-order valence-electron chi connectivity index (χ4n) is 1.34. The molecule has 0 heterocycles. The average Bonchev–Trinajstić information content (AvgIpc) is 2.26. The highest BCUT2D eigenvalue weighted by Gasteiger charge is 2.11. The molecule has 1 unspecified atom stereocenters. The van der Waals surface area contributed by atoms with Gasteiger partial charge in [-0.1, -0.05) is 18.5 Å². The SMILES string of the molecule is CC(CCN(C)c1ccc(Cl)cc1)C(=O)O. The van der Waals surface area contributed by atoms with Gasteiger partial charge in [0.25, 0.3) is 0 Å². The minimum atomic E-state index is -0.746. The predicted octanol–water partition coefficient (Wildman–Crippen LogP) is 2.89. The lowest BCUT2D eigenvalue weighted by Crippen LogP contribution is -2.22. The van der Waals surface area contributed by atoms with Crippen LogP contribution < -0.4 is 4.90 Å². The second-order valence-electron chi connectivity index (χ2n) is 3.93. The molecule has 3 nitrogen and oxygen atoms in total. The highest BCUT2D eigenvalue weighted by atomic mass is 35.5. The fourth-order valence-corrected chi connectivity index (χ4v) is 1.46. The lowest BCUT2D eigenvalue weighted by molar-refractivity contribution is -0.141. The van der Waals surface area contributed by atoms with Crippen LogP contribution in [0.5, 0.6) is 0 Å². The smallest absolute Gasteiger partial charge is 0.306 e. The molecule has 1 N–H and O–H groups in total. The summed E-state index contributed by atoms with van der Waals surface area (Å²) in [5, 5.41) is 9.47. The summed E-state index contributed by atoms with van der Waals surface area (Å²) in [5.41, 5.74) is 1.04. The van der Waals surface area contributed by atoms with E-state index in [9.17, 15) is 4.79 Å². The van der Waals surface area contributed by atoms with Crippen LogP contribution in [0.15, 0.2) is 24.3 Å². The van der Waals surface area contributed by atoms with Gasteiger partial charge in [0.15, 0.2) is 0 Å². The molecule has 0 bridgehead atoms. The molecule has 0 fully saturated rings. The molecule has 0 aliphatic heterocycles. The standard InChI is InChI=1S/C12H16ClNO2/c1-9(12(15)16)7-8-14(2)11-5-3-10(13)4-6-11/h3-6,9H,7-8H2,1-2H3,(H,15,16). The first kappa shape index (κ1) is 12.8. The Kier molecular flexibility index (Phi) is 4.62. The van der Waals surface area contributed by atoms with Crippen LogP contribution in [0.3, 0.4) is 0 Å². The molecule has 16 heavy (non-hydrogen) atoms. The zero-order chi connectivity index (χ0) is 12.1. The van der Waals surface area contributed by atoms with Crippen LogP contribution in [0.4, 0.5) is 5.69 Å². The number of carbonyl (C=O) groups is 1. The third-order valence-electron chi connectivity index (χ3n) is 2.59. The number of aliphatic carboxylic acids is 1. The normalized spacial score (nSPS) is 12.2. The zero-order valence-corrected chi connectivity index (χ0v) is 10.2. The molecule has 0 amide bonds. The van der Waals surface area contributed by atoms with Crippen LogP contribution in [0.1, 0.15) is 13.3 Å². The van der Waals surface area contributed by atoms with Crippen LogP contribution in [0.2, 0.25) is 5.02 Å². The number of anilines is 1. The van der Waals surface area contributed by atoms with Crippen LogP contribution in [-0.4, -0.2) is 24.7 Å². The third kappa shape index (κ3) is 3.74. The van der Waals surface area contributed by atoms with Gasteiger partial charge in [-0.05, 0) is 30.7 Å². The summed E-state index contributed by atoms with van der Waals surface area (Å²) in [7, 11) is 1.94. The van der Waals surface area contributed by atoms with E-state index in [1.54, 1.807) is 6.92 Å². The van der Waals surface area contributed by atoms with Gasteiger partial charge < -0.3 is 10.0 Å². The summed E-state index contributed by atoms with van der Waals surface area (Å²) < 4.78 is 0.